The fourth-order valence-electron chi connectivity index (χ4n) is 1.38. The fourth-order valence-corrected chi connectivity index (χ4v) is 1.38. The Labute approximate surface area is 71.6 Å². The van der Waals surface area contributed by atoms with E-state index in [0.717, 1.165) is 16.9 Å². The summed E-state index contributed by atoms with van der Waals surface area (Å²) in [4.78, 5) is 0. The Kier molecular flexibility index (Phi) is 1.62. The van der Waals surface area contributed by atoms with Crippen molar-refractivity contribution < 1.29 is 4.74 Å². The zero-order valence-electron chi connectivity index (χ0n) is 6.79. The molecule has 0 radical (unpaired) electrons. The molecule has 0 saturated carbocycles. The largest absolute Gasteiger partial charge is 0.491 e. The SMILES string of the molecule is C=Cc1ccc2c(c1)[C@H](N)CO2. The van der Waals surface area contributed by atoms with Gasteiger partial charge >= 0.3 is 0 Å². The van der Waals surface area contributed by atoms with Crippen LogP contribution in [0.5, 0.6) is 5.75 Å². The van der Waals surface area contributed by atoms with Gasteiger partial charge in [0.15, 0.2) is 0 Å². The van der Waals surface area contributed by atoms with Crippen LogP contribution in [0.1, 0.15) is 17.2 Å². The van der Waals surface area contributed by atoms with Gasteiger partial charge in [-0.05, 0) is 17.7 Å². The molecule has 1 aliphatic heterocycles. The predicted molar refractivity (Wildman–Crippen MR) is 49.0 cm³/mol. The van der Waals surface area contributed by atoms with Crippen LogP contribution in [-0.2, 0) is 0 Å². The summed E-state index contributed by atoms with van der Waals surface area (Å²) in [6.45, 7) is 4.29. The highest BCUT2D eigenvalue weighted by Crippen LogP contribution is 2.31. The Morgan fingerprint density at radius 1 is 1.58 bits per heavy atom. The molecule has 2 nitrogen and oxygen atoms in total. The van der Waals surface area contributed by atoms with Crippen molar-refractivity contribution in [2.24, 2.45) is 5.73 Å². The highest BCUT2D eigenvalue weighted by atomic mass is 16.5. The maximum atomic E-state index is 5.81. The lowest BCUT2D eigenvalue weighted by Crippen LogP contribution is -2.10. The monoisotopic (exact) mass is 161 g/mol. The summed E-state index contributed by atoms with van der Waals surface area (Å²) in [7, 11) is 0. The molecule has 12 heavy (non-hydrogen) atoms. The van der Waals surface area contributed by atoms with E-state index in [4.69, 9.17) is 10.5 Å². The normalized spacial score (nSPS) is 19.9. The van der Waals surface area contributed by atoms with Gasteiger partial charge < -0.3 is 10.5 Å². The molecule has 0 saturated heterocycles. The van der Waals surface area contributed by atoms with E-state index in [1.54, 1.807) is 0 Å². The topological polar surface area (TPSA) is 35.2 Å². The molecule has 1 heterocycles. The van der Waals surface area contributed by atoms with Crippen molar-refractivity contribution in [1.29, 1.82) is 0 Å². The number of benzene rings is 1. The number of rotatable bonds is 1. The first kappa shape index (κ1) is 7.37. The zero-order valence-corrected chi connectivity index (χ0v) is 6.79. The van der Waals surface area contributed by atoms with Gasteiger partial charge in [0.2, 0.25) is 0 Å². The Morgan fingerprint density at radius 3 is 3.17 bits per heavy atom. The first-order valence-electron chi connectivity index (χ1n) is 3.96. The van der Waals surface area contributed by atoms with Crippen molar-refractivity contribution in [3.05, 3.63) is 35.9 Å². The number of nitrogens with two attached hydrogens (primary N) is 1. The Hall–Kier alpha value is -1.28. The van der Waals surface area contributed by atoms with Crippen molar-refractivity contribution in [2.45, 2.75) is 6.04 Å². The Morgan fingerprint density at radius 2 is 2.42 bits per heavy atom. The number of ether oxygens (including phenoxy) is 1. The lowest BCUT2D eigenvalue weighted by molar-refractivity contribution is 0.333. The second kappa shape index (κ2) is 2.64. The Bertz CT molecular complexity index is 320. The minimum Gasteiger partial charge on any atom is -0.491 e. The predicted octanol–water partition coefficient (Wildman–Crippen LogP) is 1.72. The van der Waals surface area contributed by atoms with Crippen molar-refractivity contribution in [1.82, 2.24) is 0 Å². The molecular formula is C10H11NO. The quantitative estimate of drug-likeness (QED) is 0.680. The van der Waals surface area contributed by atoms with E-state index in [2.05, 4.69) is 6.58 Å². The van der Waals surface area contributed by atoms with Crippen LogP contribution >= 0.6 is 0 Å². The summed E-state index contributed by atoms with van der Waals surface area (Å²) in [5.41, 5.74) is 7.99. The van der Waals surface area contributed by atoms with Crippen LogP contribution in [0.3, 0.4) is 0 Å². The molecule has 1 aromatic carbocycles. The molecule has 0 spiro atoms. The van der Waals surface area contributed by atoms with Crippen LogP contribution in [-0.4, -0.2) is 6.61 Å². The van der Waals surface area contributed by atoms with E-state index in [1.807, 2.05) is 24.3 Å². The number of fused-ring (bicyclic) bond motifs is 1. The highest BCUT2D eigenvalue weighted by molar-refractivity contribution is 5.53. The third-order valence-corrected chi connectivity index (χ3v) is 2.09. The third kappa shape index (κ3) is 1.01. The van der Waals surface area contributed by atoms with E-state index in [0.29, 0.717) is 6.61 Å². The highest BCUT2D eigenvalue weighted by Gasteiger charge is 2.19. The van der Waals surface area contributed by atoms with Gasteiger partial charge in [-0.25, -0.2) is 0 Å². The molecule has 1 aromatic rings. The molecule has 0 amide bonds. The summed E-state index contributed by atoms with van der Waals surface area (Å²) >= 11 is 0. The molecule has 0 unspecified atom stereocenters. The van der Waals surface area contributed by atoms with Crippen molar-refractivity contribution in [2.75, 3.05) is 6.61 Å². The van der Waals surface area contributed by atoms with E-state index in [1.165, 1.54) is 0 Å². The van der Waals surface area contributed by atoms with Crippen molar-refractivity contribution >= 4 is 6.08 Å². The van der Waals surface area contributed by atoms with Crippen LogP contribution in [0.25, 0.3) is 6.08 Å². The average molecular weight is 161 g/mol. The van der Waals surface area contributed by atoms with Gasteiger partial charge in [0.05, 0.1) is 6.04 Å². The van der Waals surface area contributed by atoms with Gasteiger partial charge in [-0.2, -0.15) is 0 Å². The van der Waals surface area contributed by atoms with Crippen LogP contribution in [0, 0.1) is 0 Å². The molecule has 0 fully saturated rings. The van der Waals surface area contributed by atoms with Crippen LogP contribution in [0.4, 0.5) is 0 Å². The van der Waals surface area contributed by atoms with E-state index < -0.39 is 0 Å². The van der Waals surface area contributed by atoms with Crippen LogP contribution < -0.4 is 10.5 Å². The van der Waals surface area contributed by atoms with Gasteiger partial charge in [0.1, 0.15) is 12.4 Å². The maximum Gasteiger partial charge on any atom is 0.124 e. The third-order valence-electron chi connectivity index (χ3n) is 2.09. The summed E-state index contributed by atoms with van der Waals surface area (Å²) in [5.74, 6) is 0.910. The lowest BCUT2D eigenvalue weighted by atomic mass is 10.1. The molecule has 1 aliphatic rings. The molecule has 0 aliphatic carbocycles. The van der Waals surface area contributed by atoms with Crippen LogP contribution in [0.2, 0.25) is 0 Å². The second-order valence-electron chi connectivity index (χ2n) is 2.92. The maximum absolute atomic E-state index is 5.81. The minimum atomic E-state index is 0.0277. The standard InChI is InChI=1S/C10H11NO/c1-2-7-3-4-10-8(5-7)9(11)6-12-10/h2-5,9H,1,6,11H2/t9-/m1/s1. The summed E-state index contributed by atoms with van der Waals surface area (Å²) in [6.07, 6.45) is 1.81. The zero-order chi connectivity index (χ0) is 8.55. The minimum absolute atomic E-state index is 0.0277. The molecular weight excluding hydrogens is 150 g/mol. The van der Waals surface area contributed by atoms with Gasteiger partial charge in [0, 0.05) is 5.56 Å². The lowest BCUT2D eigenvalue weighted by Gasteiger charge is -2.01. The average Bonchev–Trinajstić information content (AvgIpc) is 2.47. The molecule has 2 heteroatoms. The smallest absolute Gasteiger partial charge is 0.124 e. The van der Waals surface area contributed by atoms with Gasteiger partial charge in [-0.15, -0.1) is 0 Å². The molecule has 0 aromatic heterocycles. The summed E-state index contributed by atoms with van der Waals surface area (Å²) < 4.78 is 5.35. The molecule has 0 bridgehead atoms. The van der Waals surface area contributed by atoms with E-state index in [9.17, 15) is 0 Å². The molecule has 1 atom stereocenters. The summed E-state index contributed by atoms with van der Waals surface area (Å²) in [5, 5.41) is 0. The Balaban J connectivity index is 2.50. The van der Waals surface area contributed by atoms with Gasteiger partial charge in [-0.3, -0.25) is 0 Å². The van der Waals surface area contributed by atoms with Crippen molar-refractivity contribution in [3.63, 3.8) is 0 Å². The van der Waals surface area contributed by atoms with Gasteiger partial charge in [0.25, 0.3) is 0 Å². The first-order valence-corrected chi connectivity index (χ1v) is 3.96. The van der Waals surface area contributed by atoms with Gasteiger partial charge in [-0.1, -0.05) is 18.7 Å². The van der Waals surface area contributed by atoms with E-state index >= 15 is 0 Å². The molecule has 2 N–H and O–H groups in total. The number of hydrogen-bond acceptors (Lipinski definition) is 2. The van der Waals surface area contributed by atoms with E-state index in [-0.39, 0.29) is 6.04 Å². The molecule has 62 valence electrons. The first-order chi connectivity index (χ1) is 5.81. The fraction of sp³-hybridized carbons (Fsp3) is 0.200. The van der Waals surface area contributed by atoms with Crippen LogP contribution in [0.15, 0.2) is 24.8 Å². The number of hydrogen-bond donors (Lipinski definition) is 1. The summed E-state index contributed by atoms with van der Waals surface area (Å²) in [6, 6.07) is 5.98. The van der Waals surface area contributed by atoms with Crippen molar-refractivity contribution in [3.8, 4) is 5.75 Å². The second-order valence-corrected chi connectivity index (χ2v) is 2.92. The molecule has 2 rings (SSSR count).